The largest absolute Gasteiger partial charge is 0.307 e. The van der Waals surface area contributed by atoms with Gasteiger partial charge in [-0.05, 0) is 17.7 Å². The molecule has 0 unspecified atom stereocenters. The molecule has 1 aromatic heterocycles. The number of aromatic nitrogens is 2. The Morgan fingerprint density at radius 2 is 2.21 bits per heavy atom. The number of benzene rings is 1. The van der Waals surface area contributed by atoms with Gasteiger partial charge in [-0.15, -0.1) is 0 Å². The van der Waals surface area contributed by atoms with Crippen LogP contribution in [-0.4, -0.2) is 14.7 Å². The van der Waals surface area contributed by atoms with Crippen molar-refractivity contribution in [1.82, 2.24) is 15.1 Å². The summed E-state index contributed by atoms with van der Waals surface area (Å²) in [7, 11) is 1.82. The van der Waals surface area contributed by atoms with Gasteiger partial charge < -0.3 is 5.32 Å². The zero-order chi connectivity index (χ0) is 13.8. The normalized spacial score (nSPS) is 10.6. The number of nitrogens with zero attached hydrogens (tertiary/aromatic N) is 3. The number of non-ortho nitro benzene ring substituents is 1. The molecule has 19 heavy (non-hydrogen) atoms. The predicted octanol–water partition coefficient (Wildman–Crippen LogP) is 1.76. The van der Waals surface area contributed by atoms with Crippen molar-refractivity contribution >= 4 is 5.69 Å². The van der Waals surface area contributed by atoms with E-state index in [-0.39, 0.29) is 5.69 Å². The van der Waals surface area contributed by atoms with Crippen LogP contribution in [0.15, 0.2) is 30.5 Å². The molecule has 0 spiro atoms. The van der Waals surface area contributed by atoms with E-state index in [1.54, 1.807) is 10.9 Å². The van der Waals surface area contributed by atoms with Crippen LogP contribution < -0.4 is 5.32 Å². The Kier molecular flexibility index (Phi) is 3.86. The lowest BCUT2D eigenvalue weighted by Gasteiger charge is -2.05. The molecule has 0 aliphatic carbocycles. The minimum absolute atomic E-state index is 0.239. The number of halogens is 1. The van der Waals surface area contributed by atoms with Crippen molar-refractivity contribution in [1.29, 1.82) is 0 Å². The lowest BCUT2D eigenvalue weighted by atomic mass is 10.2. The Labute approximate surface area is 109 Å². The lowest BCUT2D eigenvalue weighted by Crippen LogP contribution is -2.15. The number of rotatable bonds is 5. The molecule has 7 heteroatoms. The maximum absolute atomic E-state index is 13.2. The van der Waals surface area contributed by atoms with Gasteiger partial charge >= 0.3 is 0 Å². The van der Waals surface area contributed by atoms with Gasteiger partial charge in [-0.25, -0.2) is 4.39 Å². The molecular weight excluding hydrogens is 251 g/mol. The number of hydrogen-bond donors (Lipinski definition) is 1. The van der Waals surface area contributed by atoms with Crippen molar-refractivity contribution in [2.45, 2.75) is 13.1 Å². The van der Waals surface area contributed by atoms with Gasteiger partial charge in [0.05, 0.1) is 16.7 Å². The van der Waals surface area contributed by atoms with Gasteiger partial charge in [0.15, 0.2) is 0 Å². The molecule has 0 amide bonds. The Hall–Kier alpha value is -2.28. The zero-order valence-corrected chi connectivity index (χ0v) is 10.3. The minimum atomic E-state index is -0.605. The van der Waals surface area contributed by atoms with Gasteiger partial charge in [-0.3, -0.25) is 14.8 Å². The van der Waals surface area contributed by atoms with E-state index in [0.717, 1.165) is 11.8 Å². The highest BCUT2D eigenvalue weighted by atomic mass is 19.1. The second-order valence-corrected chi connectivity index (χ2v) is 4.12. The standard InChI is InChI=1S/C12H13FN4O2/c1-16-11(2-3-15-16)8-14-7-9-4-10(13)6-12(5-9)17(18)19/h2-6,14H,7-8H2,1H3. The smallest absolute Gasteiger partial charge is 0.272 e. The molecule has 0 saturated heterocycles. The second kappa shape index (κ2) is 5.57. The van der Waals surface area contributed by atoms with Crippen molar-refractivity contribution in [2.24, 2.45) is 7.05 Å². The molecular formula is C12H13FN4O2. The number of nitrogens with one attached hydrogen (secondary N) is 1. The Morgan fingerprint density at radius 1 is 1.42 bits per heavy atom. The first-order chi connectivity index (χ1) is 9.06. The van der Waals surface area contributed by atoms with Gasteiger partial charge in [0.1, 0.15) is 5.82 Å². The fraction of sp³-hybridized carbons (Fsp3) is 0.250. The van der Waals surface area contributed by atoms with E-state index in [0.29, 0.717) is 18.7 Å². The molecule has 0 aliphatic heterocycles. The summed E-state index contributed by atoms with van der Waals surface area (Å²) in [6.45, 7) is 0.907. The summed E-state index contributed by atoms with van der Waals surface area (Å²) in [5, 5.41) is 17.7. The van der Waals surface area contributed by atoms with Crippen LogP contribution in [0, 0.1) is 15.9 Å². The van der Waals surface area contributed by atoms with Crippen LogP contribution in [-0.2, 0) is 20.1 Å². The van der Waals surface area contributed by atoms with E-state index in [9.17, 15) is 14.5 Å². The highest BCUT2D eigenvalue weighted by Crippen LogP contribution is 2.16. The van der Waals surface area contributed by atoms with Gasteiger partial charge in [-0.1, -0.05) is 0 Å². The van der Waals surface area contributed by atoms with E-state index in [4.69, 9.17) is 0 Å². The molecule has 1 aromatic carbocycles. The van der Waals surface area contributed by atoms with Gasteiger partial charge in [-0.2, -0.15) is 5.10 Å². The van der Waals surface area contributed by atoms with Crippen LogP contribution in [0.3, 0.4) is 0 Å². The molecule has 0 fully saturated rings. The summed E-state index contributed by atoms with van der Waals surface area (Å²) in [4.78, 5) is 10.0. The van der Waals surface area contributed by atoms with Crippen molar-refractivity contribution in [3.05, 3.63) is 57.7 Å². The minimum Gasteiger partial charge on any atom is -0.307 e. The quantitative estimate of drug-likeness (QED) is 0.659. The highest BCUT2D eigenvalue weighted by molar-refractivity contribution is 5.35. The molecule has 6 nitrogen and oxygen atoms in total. The average molecular weight is 264 g/mol. The third-order valence-electron chi connectivity index (χ3n) is 2.71. The molecule has 0 atom stereocenters. The Balaban J connectivity index is 2.00. The number of nitro groups is 1. The summed E-state index contributed by atoms with van der Waals surface area (Å²) in [6, 6.07) is 5.41. The lowest BCUT2D eigenvalue weighted by molar-refractivity contribution is -0.385. The Bertz CT molecular complexity index is 597. The predicted molar refractivity (Wildman–Crippen MR) is 66.8 cm³/mol. The Morgan fingerprint density at radius 3 is 2.84 bits per heavy atom. The maximum Gasteiger partial charge on any atom is 0.272 e. The monoisotopic (exact) mass is 264 g/mol. The first-order valence-corrected chi connectivity index (χ1v) is 5.68. The van der Waals surface area contributed by atoms with E-state index >= 15 is 0 Å². The first-order valence-electron chi connectivity index (χ1n) is 5.68. The molecule has 0 saturated carbocycles. The molecule has 0 bridgehead atoms. The molecule has 100 valence electrons. The molecule has 0 aliphatic rings. The van der Waals surface area contributed by atoms with Crippen LogP contribution in [0.25, 0.3) is 0 Å². The summed E-state index contributed by atoms with van der Waals surface area (Å²) >= 11 is 0. The van der Waals surface area contributed by atoms with Crippen LogP contribution >= 0.6 is 0 Å². The molecule has 2 aromatic rings. The maximum atomic E-state index is 13.2. The van der Waals surface area contributed by atoms with Gasteiger partial charge in [0.25, 0.3) is 5.69 Å². The van der Waals surface area contributed by atoms with Crippen LogP contribution in [0.4, 0.5) is 10.1 Å². The zero-order valence-electron chi connectivity index (χ0n) is 10.3. The third-order valence-corrected chi connectivity index (χ3v) is 2.71. The summed E-state index contributed by atoms with van der Waals surface area (Å²) in [5.41, 5.74) is 1.28. The van der Waals surface area contributed by atoms with Crippen LogP contribution in [0.5, 0.6) is 0 Å². The third kappa shape index (κ3) is 3.35. The highest BCUT2D eigenvalue weighted by Gasteiger charge is 2.09. The fourth-order valence-electron chi connectivity index (χ4n) is 1.75. The van der Waals surface area contributed by atoms with Crippen LogP contribution in [0.2, 0.25) is 0 Å². The van der Waals surface area contributed by atoms with E-state index in [1.807, 2.05) is 13.1 Å². The molecule has 0 radical (unpaired) electrons. The first kappa shape index (κ1) is 13.2. The van der Waals surface area contributed by atoms with Crippen molar-refractivity contribution in [3.8, 4) is 0 Å². The second-order valence-electron chi connectivity index (χ2n) is 4.12. The van der Waals surface area contributed by atoms with Gasteiger partial charge in [0, 0.05) is 32.4 Å². The number of aryl methyl sites for hydroxylation is 1. The summed E-state index contributed by atoms with van der Waals surface area (Å²) in [6.07, 6.45) is 1.68. The van der Waals surface area contributed by atoms with E-state index in [1.165, 1.54) is 12.1 Å². The molecule has 2 rings (SSSR count). The average Bonchev–Trinajstić information content (AvgIpc) is 2.74. The van der Waals surface area contributed by atoms with Crippen molar-refractivity contribution < 1.29 is 9.31 Å². The fourth-order valence-corrected chi connectivity index (χ4v) is 1.75. The van der Waals surface area contributed by atoms with E-state index < -0.39 is 10.7 Å². The number of nitro benzene ring substituents is 1. The SMILES string of the molecule is Cn1nccc1CNCc1cc(F)cc([N+](=O)[O-])c1. The summed E-state index contributed by atoms with van der Waals surface area (Å²) in [5.74, 6) is -0.605. The topological polar surface area (TPSA) is 73.0 Å². The van der Waals surface area contributed by atoms with E-state index in [2.05, 4.69) is 10.4 Å². The van der Waals surface area contributed by atoms with Crippen LogP contribution in [0.1, 0.15) is 11.3 Å². The molecule has 1 heterocycles. The van der Waals surface area contributed by atoms with Gasteiger partial charge in [0.2, 0.25) is 0 Å². The van der Waals surface area contributed by atoms with Crippen molar-refractivity contribution in [2.75, 3.05) is 0 Å². The number of hydrogen-bond acceptors (Lipinski definition) is 4. The summed E-state index contributed by atoms with van der Waals surface area (Å²) < 4.78 is 14.9. The van der Waals surface area contributed by atoms with Crippen molar-refractivity contribution in [3.63, 3.8) is 0 Å². The molecule has 1 N–H and O–H groups in total.